The van der Waals surface area contributed by atoms with Gasteiger partial charge in [-0.25, -0.2) is 0 Å². The highest BCUT2D eigenvalue weighted by Crippen LogP contribution is 2.29. The van der Waals surface area contributed by atoms with Gasteiger partial charge in [0.25, 0.3) is 0 Å². The number of halogens is 1. The van der Waals surface area contributed by atoms with Gasteiger partial charge in [0.1, 0.15) is 0 Å². The van der Waals surface area contributed by atoms with E-state index in [2.05, 4.69) is 37.1 Å². The molecule has 0 radical (unpaired) electrons. The summed E-state index contributed by atoms with van der Waals surface area (Å²) in [6.07, 6.45) is 1.12. The van der Waals surface area contributed by atoms with E-state index in [0.717, 1.165) is 31.1 Å². The monoisotopic (exact) mass is 298 g/mol. The summed E-state index contributed by atoms with van der Waals surface area (Å²) in [6, 6.07) is 6.66. The standard InChI is InChI=1S/C16H27ClN2O/c1-5-13(3)19(6-2)16-9-7-8-15(17)14(16)12-18-10-11-20-4/h7-9,13,18H,5-6,10-12H2,1-4H3. The first-order valence-corrected chi connectivity index (χ1v) is 7.77. The van der Waals surface area contributed by atoms with Crippen LogP contribution in [0, 0.1) is 0 Å². The fourth-order valence-corrected chi connectivity index (χ4v) is 2.56. The third-order valence-corrected chi connectivity index (χ3v) is 4.01. The van der Waals surface area contributed by atoms with E-state index in [1.807, 2.05) is 12.1 Å². The van der Waals surface area contributed by atoms with Gasteiger partial charge in [-0.05, 0) is 32.4 Å². The Morgan fingerprint density at radius 2 is 2.10 bits per heavy atom. The van der Waals surface area contributed by atoms with Crippen molar-refractivity contribution in [1.82, 2.24) is 5.32 Å². The van der Waals surface area contributed by atoms with Crippen LogP contribution in [-0.2, 0) is 11.3 Å². The van der Waals surface area contributed by atoms with Crippen LogP contribution in [0.25, 0.3) is 0 Å². The van der Waals surface area contributed by atoms with Crippen LogP contribution in [0.2, 0.25) is 5.02 Å². The number of anilines is 1. The normalized spacial score (nSPS) is 12.4. The lowest BCUT2D eigenvalue weighted by atomic mass is 10.1. The average Bonchev–Trinajstić information content (AvgIpc) is 2.46. The number of hydrogen-bond acceptors (Lipinski definition) is 3. The fourth-order valence-electron chi connectivity index (χ4n) is 2.32. The number of hydrogen-bond donors (Lipinski definition) is 1. The molecule has 0 aliphatic rings. The third kappa shape index (κ3) is 4.65. The lowest BCUT2D eigenvalue weighted by molar-refractivity contribution is 0.199. The molecule has 1 atom stereocenters. The van der Waals surface area contributed by atoms with Gasteiger partial charge in [0.05, 0.1) is 6.61 Å². The number of ether oxygens (including phenoxy) is 1. The van der Waals surface area contributed by atoms with Crippen LogP contribution in [0.1, 0.15) is 32.8 Å². The zero-order chi connectivity index (χ0) is 15.0. The molecule has 1 aromatic rings. The molecule has 1 rings (SSSR count). The minimum absolute atomic E-state index is 0.510. The van der Waals surface area contributed by atoms with Gasteiger partial charge in [-0.3, -0.25) is 0 Å². The maximum atomic E-state index is 6.39. The second-order valence-electron chi connectivity index (χ2n) is 4.95. The highest BCUT2D eigenvalue weighted by molar-refractivity contribution is 6.31. The van der Waals surface area contributed by atoms with Crippen LogP contribution >= 0.6 is 11.6 Å². The van der Waals surface area contributed by atoms with E-state index < -0.39 is 0 Å². The first-order chi connectivity index (χ1) is 9.65. The van der Waals surface area contributed by atoms with Gasteiger partial charge in [0, 0.05) is 49.1 Å². The molecule has 114 valence electrons. The maximum Gasteiger partial charge on any atom is 0.0587 e. The maximum absolute atomic E-state index is 6.39. The molecule has 1 unspecified atom stereocenters. The van der Waals surface area contributed by atoms with Gasteiger partial charge in [0.15, 0.2) is 0 Å². The zero-order valence-electron chi connectivity index (χ0n) is 13.1. The topological polar surface area (TPSA) is 24.5 Å². The van der Waals surface area contributed by atoms with Crippen molar-refractivity contribution in [1.29, 1.82) is 0 Å². The smallest absolute Gasteiger partial charge is 0.0587 e. The number of nitrogens with zero attached hydrogens (tertiary/aromatic N) is 1. The Kier molecular flexibility index (Phi) is 7.97. The molecule has 0 aliphatic carbocycles. The van der Waals surface area contributed by atoms with Gasteiger partial charge in [-0.15, -0.1) is 0 Å². The van der Waals surface area contributed by atoms with Crippen LogP contribution < -0.4 is 10.2 Å². The molecule has 20 heavy (non-hydrogen) atoms. The van der Waals surface area contributed by atoms with E-state index in [9.17, 15) is 0 Å². The lowest BCUT2D eigenvalue weighted by Gasteiger charge is -2.32. The van der Waals surface area contributed by atoms with Crippen molar-refractivity contribution in [3.05, 3.63) is 28.8 Å². The largest absolute Gasteiger partial charge is 0.383 e. The van der Waals surface area contributed by atoms with Gasteiger partial charge in [-0.2, -0.15) is 0 Å². The van der Waals surface area contributed by atoms with Gasteiger partial charge >= 0.3 is 0 Å². The van der Waals surface area contributed by atoms with Crippen molar-refractivity contribution >= 4 is 17.3 Å². The van der Waals surface area contributed by atoms with Crippen molar-refractivity contribution in [2.24, 2.45) is 0 Å². The Hall–Kier alpha value is -0.770. The molecule has 0 aromatic heterocycles. The van der Waals surface area contributed by atoms with E-state index in [0.29, 0.717) is 12.6 Å². The minimum Gasteiger partial charge on any atom is -0.383 e. The molecule has 0 bridgehead atoms. The second kappa shape index (κ2) is 9.22. The minimum atomic E-state index is 0.510. The van der Waals surface area contributed by atoms with Crippen LogP contribution in [0.5, 0.6) is 0 Å². The molecule has 3 nitrogen and oxygen atoms in total. The molecule has 0 fully saturated rings. The molecular formula is C16H27ClN2O. The van der Waals surface area contributed by atoms with Gasteiger partial charge in [0.2, 0.25) is 0 Å². The third-order valence-electron chi connectivity index (χ3n) is 3.65. The van der Waals surface area contributed by atoms with Crippen LogP contribution in [-0.4, -0.2) is 32.8 Å². The summed E-state index contributed by atoms with van der Waals surface area (Å²) >= 11 is 6.39. The summed E-state index contributed by atoms with van der Waals surface area (Å²) in [5.41, 5.74) is 2.41. The van der Waals surface area contributed by atoms with Gasteiger partial charge < -0.3 is 15.0 Å². The van der Waals surface area contributed by atoms with Crippen molar-refractivity contribution in [3.8, 4) is 0 Å². The highest BCUT2D eigenvalue weighted by Gasteiger charge is 2.16. The number of rotatable bonds is 9. The molecule has 0 spiro atoms. The summed E-state index contributed by atoms with van der Waals surface area (Å²) in [4.78, 5) is 2.42. The number of methoxy groups -OCH3 is 1. The number of nitrogens with one attached hydrogen (secondary N) is 1. The quantitative estimate of drug-likeness (QED) is 0.704. The van der Waals surface area contributed by atoms with Crippen LogP contribution in [0.15, 0.2) is 18.2 Å². The average molecular weight is 299 g/mol. The van der Waals surface area contributed by atoms with Crippen molar-refractivity contribution in [3.63, 3.8) is 0 Å². The van der Waals surface area contributed by atoms with E-state index in [1.54, 1.807) is 7.11 Å². The predicted octanol–water partition coefficient (Wildman–Crippen LogP) is 3.70. The Morgan fingerprint density at radius 3 is 2.70 bits per heavy atom. The molecule has 4 heteroatoms. The zero-order valence-corrected chi connectivity index (χ0v) is 13.8. The molecule has 0 saturated heterocycles. The Bertz CT molecular complexity index is 398. The Balaban J connectivity index is 2.91. The fraction of sp³-hybridized carbons (Fsp3) is 0.625. The van der Waals surface area contributed by atoms with Crippen LogP contribution in [0.4, 0.5) is 5.69 Å². The van der Waals surface area contributed by atoms with Crippen molar-refractivity contribution in [2.45, 2.75) is 39.8 Å². The molecule has 0 aliphatic heterocycles. The number of benzene rings is 1. The summed E-state index contributed by atoms with van der Waals surface area (Å²) in [6.45, 7) is 9.96. The first-order valence-electron chi connectivity index (χ1n) is 7.39. The summed E-state index contributed by atoms with van der Waals surface area (Å²) in [5.74, 6) is 0. The van der Waals surface area contributed by atoms with Crippen molar-refractivity contribution < 1.29 is 4.74 Å². The van der Waals surface area contributed by atoms with E-state index in [4.69, 9.17) is 16.3 Å². The molecular weight excluding hydrogens is 272 g/mol. The molecule has 1 N–H and O–H groups in total. The van der Waals surface area contributed by atoms with E-state index in [1.165, 1.54) is 11.3 Å². The van der Waals surface area contributed by atoms with E-state index in [-0.39, 0.29) is 0 Å². The molecule has 1 aromatic carbocycles. The molecule has 0 saturated carbocycles. The van der Waals surface area contributed by atoms with Crippen LogP contribution in [0.3, 0.4) is 0 Å². The molecule has 0 amide bonds. The second-order valence-corrected chi connectivity index (χ2v) is 5.36. The van der Waals surface area contributed by atoms with Crippen molar-refractivity contribution in [2.75, 3.05) is 31.7 Å². The van der Waals surface area contributed by atoms with Gasteiger partial charge in [-0.1, -0.05) is 24.6 Å². The summed E-state index contributed by atoms with van der Waals surface area (Å²) in [5, 5.41) is 4.21. The highest BCUT2D eigenvalue weighted by atomic mass is 35.5. The summed E-state index contributed by atoms with van der Waals surface area (Å²) < 4.78 is 5.06. The predicted molar refractivity (Wildman–Crippen MR) is 87.8 cm³/mol. The van der Waals surface area contributed by atoms with E-state index >= 15 is 0 Å². The SMILES string of the molecule is CCC(C)N(CC)c1cccc(Cl)c1CNCCOC. The Morgan fingerprint density at radius 1 is 1.35 bits per heavy atom. The lowest BCUT2D eigenvalue weighted by Crippen LogP contribution is -2.33. The summed E-state index contributed by atoms with van der Waals surface area (Å²) in [7, 11) is 1.71. The Labute approximate surface area is 128 Å². The molecule has 0 heterocycles. The first kappa shape index (κ1) is 17.3.